The van der Waals surface area contributed by atoms with E-state index in [4.69, 9.17) is 23.2 Å². The Labute approximate surface area is 182 Å². The Balaban J connectivity index is 1.79. The van der Waals surface area contributed by atoms with Crippen molar-refractivity contribution >= 4 is 52.3 Å². The molecule has 1 N–H and O–H groups in total. The molecule has 0 bridgehead atoms. The van der Waals surface area contributed by atoms with E-state index in [1.165, 1.54) is 18.7 Å². The molecule has 0 aliphatic carbocycles. The van der Waals surface area contributed by atoms with Crippen LogP contribution in [0.1, 0.15) is 24.2 Å². The van der Waals surface area contributed by atoms with Crippen molar-refractivity contribution in [2.24, 2.45) is 0 Å². The van der Waals surface area contributed by atoms with Crippen LogP contribution in [0, 0.1) is 0 Å². The number of thioether (sulfide) groups is 1. The molecule has 3 aromatic rings. The lowest BCUT2D eigenvalue weighted by Crippen LogP contribution is -2.07. The van der Waals surface area contributed by atoms with E-state index in [0.717, 1.165) is 5.56 Å². The normalized spacial score (nSPS) is 10.8. The van der Waals surface area contributed by atoms with Gasteiger partial charge in [-0.1, -0.05) is 47.1 Å². The molecule has 29 heavy (non-hydrogen) atoms. The van der Waals surface area contributed by atoms with Crippen molar-refractivity contribution in [1.29, 1.82) is 0 Å². The average Bonchev–Trinajstić information content (AvgIpc) is 3.08. The van der Waals surface area contributed by atoms with Crippen LogP contribution in [-0.2, 0) is 11.3 Å². The number of halogens is 2. The number of rotatable bonds is 7. The highest BCUT2D eigenvalue weighted by Crippen LogP contribution is 2.28. The number of Topliss-reactive ketones (excluding diaryl/α,β-unsaturated/α-hetero) is 1. The third-order valence-corrected chi connectivity index (χ3v) is 5.55. The molecule has 0 aliphatic rings. The van der Waals surface area contributed by atoms with Crippen LogP contribution in [0.15, 0.2) is 47.6 Å². The quantitative estimate of drug-likeness (QED) is 0.396. The highest BCUT2D eigenvalue weighted by atomic mass is 35.5. The van der Waals surface area contributed by atoms with E-state index in [2.05, 4.69) is 15.5 Å². The molecular weight excluding hydrogens is 431 g/mol. The van der Waals surface area contributed by atoms with Crippen LogP contribution in [0.5, 0.6) is 0 Å². The van der Waals surface area contributed by atoms with Gasteiger partial charge in [0.05, 0.1) is 10.8 Å². The van der Waals surface area contributed by atoms with Crippen LogP contribution in [0.3, 0.4) is 0 Å². The molecule has 3 rings (SSSR count). The van der Waals surface area contributed by atoms with Crippen molar-refractivity contribution in [3.63, 3.8) is 0 Å². The fourth-order valence-corrected chi connectivity index (χ4v) is 4.16. The predicted octanol–water partition coefficient (Wildman–Crippen LogP) is 5.21. The van der Waals surface area contributed by atoms with Gasteiger partial charge in [0.15, 0.2) is 16.8 Å². The van der Waals surface area contributed by atoms with Crippen molar-refractivity contribution in [1.82, 2.24) is 14.8 Å². The smallest absolute Gasteiger partial charge is 0.221 e. The van der Waals surface area contributed by atoms with Gasteiger partial charge >= 0.3 is 0 Å². The molecule has 0 saturated carbocycles. The summed E-state index contributed by atoms with van der Waals surface area (Å²) in [4.78, 5) is 23.8. The second kappa shape index (κ2) is 9.43. The average molecular weight is 449 g/mol. The summed E-state index contributed by atoms with van der Waals surface area (Å²) in [5.41, 5.74) is 1.93. The SMILES string of the molecule is CCn1c(SCC(=O)c2ccc(Cl)cc2Cl)nnc1-c1cccc(NC(C)=O)c1. The number of aromatic nitrogens is 3. The second-order valence-corrected chi connectivity index (χ2v) is 7.93. The lowest BCUT2D eigenvalue weighted by Gasteiger charge is -2.09. The molecule has 0 aliphatic heterocycles. The fourth-order valence-electron chi connectivity index (χ4n) is 2.76. The predicted molar refractivity (Wildman–Crippen MR) is 117 cm³/mol. The summed E-state index contributed by atoms with van der Waals surface area (Å²) in [6, 6.07) is 12.2. The number of nitrogens with one attached hydrogen (secondary N) is 1. The van der Waals surface area contributed by atoms with E-state index < -0.39 is 0 Å². The summed E-state index contributed by atoms with van der Waals surface area (Å²) in [7, 11) is 0. The van der Waals surface area contributed by atoms with Crippen LogP contribution < -0.4 is 5.32 Å². The van der Waals surface area contributed by atoms with Gasteiger partial charge in [-0.05, 0) is 37.3 Å². The summed E-state index contributed by atoms with van der Waals surface area (Å²) in [6.07, 6.45) is 0. The fraction of sp³-hybridized carbons (Fsp3) is 0.200. The zero-order chi connectivity index (χ0) is 21.0. The minimum Gasteiger partial charge on any atom is -0.326 e. The number of hydrogen-bond acceptors (Lipinski definition) is 5. The third-order valence-electron chi connectivity index (χ3n) is 4.04. The summed E-state index contributed by atoms with van der Waals surface area (Å²) < 4.78 is 1.92. The van der Waals surface area contributed by atoms with E-state index in [1.54, 1.807) is 18.2 Å². The van der Waals surface area contributed by atoms with Gasteiger partial charge in [0.2, 0.25) is 5.91 Å². The van der Waals surface area contributed by atoms with Gasteiger partial charge in [0.25, 0.3) is 0 Å². The van der Waals surface area contributed by atoms with Crippen molar-refractivity contribution in [2.75, 3.05) is 11.1 Å². The molecular formula is C20H18Cl2N4O2S. The van der Waals surface area contributed by atoms with Gasteiger partial charge in [-0.15, -0.1) is 10.2 Å². The zero-order valence-corrected chi connectivity index (χ0v) is 18.1. The van der Waals surface area contributed by atoms with Gasteiger partial charge in [-0.2, -0.15) is 0 Å². The minimum atomic E-state index is -0.144. The Morgan fingerprint density at radius 3 is 2.62 bits per heavy atom. The Bertz CT molecular complexity index is 1070. The lowest BCUT2D eigenvalue weighted by atomic mass is 10.1. The van der Waals surface area contributed by atoms with E-state index in [-0.39, 0.29) is 17.4 Å². The zero-order valence-electron chi connectivity index (χ0n) is 15.8. The summed E-state index contributed by atoms with van der Waals surface area (Å²) >= 11 is 13.3. The molecule has 2 aromatic carbocycles. The number of amides is 1. The molecule has 0 atom stereocenters. The van der Waals surface area contributed by atoms with Gasteiger partial charge in [0, 0.05) is 35.3 Å². The van der Waals surface area contributed by atoms with Gasteiger partial charge in [-0.3, -0.25) is 9.59 Å². The van der Waals surface area contributed by atoms with Crippen LogP contribution >= 0.6 is 35.0 Å². The van der Waals surface area contributed by atoms with Gasteiger partial charge in [0.1, 0.15) is 0 Å². The maximum Gasteiger partial charge on any atom is 0.221 e. The number of hydrogen-bond donors (Lipinski definition) is 1. The van der Waals surface area contributed by atoms with Crippen LogP contribution in [0.2, 0.25) is 10.0 Å². The van der Waals surface area contributed by atoms with E-state index in [0.29, 0.717) is 38.8 Å². The van der Waals surface area contributed by atoms with E-state index in [1.807, 2.05) is 35.8 Å². The van der Waals surface area contributed by atoms with Crippen LogP contribution in [0.4, 0.5) is 5.69 Å². The Kier molecular flexibility index (Phi) is 6.95. The molecule has 150 valence electrons. The first-order valence-corrected chi connectivity index (χ1v) is 10.6. The number of nitrogens with zero attached hydrogens (tertiary/aromatic N) is 3. The monoisotopic (exact) mass is 448 g/mol. The number of carbonyl (C=O) groups is 2. The molecule has 9 heteroatoms. The molecule has 6 nitrogen and oxygen atoms in total. The molecule has 0 unspecified atom stereocenters. The Hall–Kier alpha value is -2.35. The molecule has 0 radical (unpaired) electrons. The standard InChI is InChI=1S/C20H18Cl2N4O2S/c1-3-26-19(13-5-4-6-15(9-13)23-12(2)27)24-25-20(26)29-11-18(28)16-8-7-14(21)10-17(16)22/h4-10H,3,11H2,1-2H3,(H,23,27). The Morgan fingerprint density at radius 1 is 1.14 bits per heavy atom. The molecule has 1 heterocycles. The maximum atomic E-state index is 12.5. The summed E-state index contributed by atoms with van der Waals surface area (Å²) in [6.45, 7) is 4.07. The van der Waals surface area contributed by atoms with Crippen LogP contribution in [0.25, 0.3) is 11.4 Å². The van der Waals surface area contributed by atoms with Crippen molar-refractivity contribution in [3.05, 3.63) is 58.1 Å². The molecule has 1 amide bonds. The number of anilines is 1. The Morgan fingerprint density at radius 2 is 1.93 bits per heavy atom. The summed E-state index contributed by atoms with van der Waals surface area (Å²) in [5.74, 6) is 0.580. The highest BCUT2D eigenvalue weighted by molar-refractivity contribution is 7.99. The molecule has 0 fully saturated rings. The number of benzene rings is 2. The van der Waals surface area contributed by atoms with Crippen LogP contribution in [-0.4, -0.2) is 32.2 Å². The number of carbonyl (C=O) groups excluding carboxylic acids is 2. The topological polar surface area (TPSA) is 76.9 Å². The van der Waals surface area contributed by atoms with Crippen molar-refractivity contribution in [2.45, 2.75) is 25.5 Å². The largest absolute Gasteiger partial charge is 0.326 e. The number of ketones is 1. The lowest BCUT2D eigenvalue weighted by molar-refractivity contribution is -0.114. The third kappa shape index (κ3) is 5.18. The van der Waals surface area contributed by atoms with Crippen molar-refractivity contribution in [3.8, 4) is 11.4 Å². The van der Waals surface area contributed by atoms with E-state index in [9.17, 15) is 9.59 Å². The minimum absolute atomic E-state index is 0.114. The molecule has 1 aromatic heterocycles. The van der Waals surface area contributed by atoms with Gasteiger partial charge < -0.3 is 9.88 Å². The van der Waals surface area contributed by atoms with Crippen molar-refractivity contribution < 1.29 is 9.59 Å². The van der Waals surface area contributed by atoms with E-state index >= 15 is 0 Å². The van der Waals surface area contributed by atoms with Gasteiger partial charge in [-0.25, -0.2) is 0 Å². The first-order chi connectivity index (χ1) is 13.9. The summed E-state index contributed by atoms with van der Waals surface area (Å²) in [5, 5.41) is 12.7. The molecule has 0 saturated heterocycles. The maximum absolute atomic E-state index is 12.5. The first kappa shape index (κ1) is 21.4. The molecule has 0 spiro atoms. The highest BCUT2D eigenvalue weighted by Gasteiger charge is 2.17. The first-order valence-electron chi connectivity index (χ1n) is 8.81. The second-order valence-electron chi connectivity index (χ2n) is 6.15.